The van der Waals surface area contributed by atoms with E-state index in [4.69, 9.17) is 5.73 Å². The fourth-order valence-corrected chi connectivity index (χ4v) is 1.07. The van der Waals surface area contributed by atoms with Crippen LogP contribution in [-0.4, -0.2) is 12.5 Å². The molecule has 0 aliphatic heterocycles. The predicted molar refractivity (Wildman–Crippen MR) is 45.9 cm³/mol. The Morgan fingerprint density at radius 1 is 1.25 bits per heavy atom. The van der Waals surface area contributed by atoms with Crippen LogP contribution in [0.25, 0.3) is 0 Å². The molecule has 3 heteroatoms. The molecule has 0 heterocycles. The average Bonchev–Trinajstić information content (AvgIpc) is 2.05. The summed E-state index contributed by atoms with van der Waals surface area (Å²) in [5.41, 5.74) is 4.79. The van der Waals surface area contributed by atoms with Crippen molar-refractivity contribution in [2.75, 3.05) is 6.54 Å². The van der Waals surface area contributed by atoms with E-state index < -0.39 is 5.92 Å². The van der Waals surface area contributed by atoms with E-state index in [0.717, 1.165) is 6.42 Å². The highest BCUT2D eigenvalue weighted by Crippen LogP contribution is 2.32. The number of halogens is 2. The molecule has 1 aliphatic rings. The zero-order valence-electron chi connectivity index (χ0n) is 7.15. The highest BCUT2D eigenvalue weighted by molar-refractivity contribution is 4.83. The first-order valence-electron chi connectivity index (χ1n) is 4.14. The van der Waals surface area contributed by atoms with Crippen molar-refractivity contribution in [2.45, 2.75) is 38.0 Å². The van der Waals surface area contributed by atoms with Crippen LogP contribution in [0.3, 0.4) is 0 Å². The molecule has 0 amide bonds. The van der Waals surface area contributed by atoms with Crippen LogP contribution in [-0.2, 0) is 0 Å². The zero-order valence-corrected chi connectivity index (χ0v) is 7.15. The molecular formula is C9H15F2N. The van der Waals surface area contributed by atoms with Crippen LogP contribution in [0.4, 0.5) is 8.78 Å². The van der Waals surface area contributed by atoms with Crippen LogP contribution in [0.15, 0.2) is 0 Å². The van der Waals surface area contributed by atoms with E-state index in [1.54, 1.807) is 0 Å². The monoisotopic (exact) mass is 175 g/mol. The first-order chi connectivity index (χ1) is 5.62. The molecule has 0 radical (unpaired) electrons. The van der Waals surface area contributed by atoms with Gasteiger partial charge in [0.25, 0.3) is 0 Å². The van der Waals surface area contributed by atoms with Crippen molar-refractivity contribution in [1.29, 1.82) is 0 Å². The van der Waals surface area contributed by atoms with Crippen molar-refractivity contribution in [3.63, 3.8) is 0 Å². The van der Waals surface area contributed by atoms with Crippen LogP contribution in [0.5, 0.6) is 0 Å². The van der Waals surface area contributed by atoms with Crippen molar-refractivity contribution in [3.8, 4) is 12.3 Å². The third-order valence-electron chi connectivity index (χ3n) is 1.70. The largest absolute Gasteiger partial charge is 0.320 e. The second kappa shape index (κ2) is 5.96. The standard InChI is InChI=1S/C6H10F2.C3H5N/c7-6(8)4-2-1-3-5-6;1-2-3-4/h1-5H2;1H,3-4H2. The van der Waals surface area contributed by atoms with Gasteiger partial charge in [-0.1, -0.05) is 12.3 Å². The molecule has 1 aliphatic carbocycles. The van der Waals surface area contributed by atoms with E-state index >= 15 is 0 Å². The Hall–Kier alpha value is -0.620. The number of alkyl halides is 2. The van der Waals surface area contributed by atoms with Gasteiger partial charge in [0.1, 0.15) is 0 Å². The highest BCUT2D eigenvalue weighted by atomic mass is 19.3. The van der Waals surface area contributed by atoms with Gasteiger partial charge in [0.05, 0.1) is 6.54 Å². The Morgan fingerprint density at radius 2 is 1.67 bits per heavy atom. The minimum Gasteiger partial charge on any atom is -0.320 e. The summed E-state index contributed by atoms with van der Waals surface area (Å²) in [4.78, 5) is 0. The van der Waals surface area contributed by atoms with Crippen LogP contribution in [0, 0.1) is 12.3 Å². The zero-order chi connectivity index (χ0) is 9.45. The summed E-state index contributed by atoms with van der Waals surface area (Å²) >= 11 is 0. The van der Waals surface area contributed by atoms with Crippen LogP contribution >= 0.6 is 0 Å². The molecule has 1 rings (SSSR count). The normalized spacial score (nSPS) is 20.2. The Labute approximate surface area is 72.3 Å². The van der Waals surface area contributed by atoms with E-state index in [-0.39, 0.29) is 12.8 Å². The van der Waals surface area contributed by atoms with Gasteiger partial charge < -0.3 is 5.73 Å². The summed E-state index contributed by atoms with van der Waals surface area (Å²) < 4.78 is 24.4. The van der Waals surface area contributed by atoms with Gasteiger partial charge in [-0.3, -0.25) is 0 Å². The fraction of sp³-hybridized carbons (Fsp3) is 0.778. The number of rotatable bonds is 0. The molecule has 0 atom stereocenters. The Kier molecular flexibility index (Phi) is 5.65. The van der Waals surface area contributed by atoms with Crippen molar-refractivity contribution in [3.05, 3.63) is 0 Å². The molecule has 0 bridgehead atoms. The summed E-state index contributed by atoms with van der Waals surface area (Å²) in [5.74, 6) is -0.113. The van der Waals surface area contributed by atoms with Gasteiger partial charge in [0, 0.05) is 12.8 Å². The molecule has 2 N–H and O–H groups in total. The van der Waals surface area contributed by atoms with Gasteiger partial charge in [-0.05, 0) is 12.8 Å². The van der Waals surface area contributed by atoms with Gasteiger partial charge >= 0.3 is 0 Å². The van der Waals surface area contributed by atoms with E-state index in [9.17, 15) is 8.78 Å². The first kappa shape index (κ1) is 11.4. The van der Waals surface area contributed by atoms with Gasteiger partial charge in [0.15, 0.2) is 0 Å². The first-order valence-corrected chi connectivity index (χ1v) is 4.14. The van der Waals surface area contributed by atoms with Gasteiger partial charge in [-0.2, -0.15) is 0 Å². The topological polar surface area (TPSA) is 26.0 Å². The van der Waals surface area contributed by atoms with Gasteiger partial charge in [-0.15, -0.1) is 6.42 Å². The Bertz CT molecular complexity index is 141. The van der Waals surface area contributed by atoms with Crippen LogP contribution < -0.4 is 5.73 Å². The SMILES string of the molecule is C#CCN.FC1(F)CCCCC1. The molecular weight excluding hydrogens is 160 g/mol. The van der Waals surface area contributed by atoms with E-state index in [1.807, 2.05) is 0 Å². The lowest BCUT2D eigenvalue weighted by molar-refractivity contribution is -0.0337. The number of nitrogens with two attached hydrogens (primary N) is 1. The fourth-order valence-electron chi connectivity index (χ4n) is 1.07. The minimum atomic E-state index is -2.32. The molecule has 0 saturated heterocycles. The summed E-state index contributed by atoms with van der Waals surface area (Å²) in [6.45, 7) is 0.347. The smallest absolute Gasteiger partial charge is 0.248 e. The third kappa shape index (κ3) is 6.11. The van der Waals surface area contributed by atoms with Crippen LogP contribution in [0.1, 0.15) is 32.1 Å². The minimum absolute atomic E-state index is 0.118. The van der Waals surface area contributed by atoms with Crippen molar-refractivity contribution in [2.24, 2.45) is 5.73 Å². The van der Waals surface area contributed by atoms with E-state index in [1.165, 1.54) is 0 Å². The second-order valence-corrected chi connectivity index (χ2v) is 2.82. The molecule has 1 nitrogen and oxygen atoms in total. The van der Waals surface area contributed by atoms with Gasteiger partial charge in [-0.25, -0.2) is 8.78 Å². The molecule has 0 aromatic heterocycles. The van der Waals surface area contributed by atoms with Crippen molar-refractivity contribution >= 4 is 0 Å². The van der Waals surface area contributed by atoms with Crippen molar-refractivity contribution < 1.29 is 8.78 Å². The van der Waals surface area contributed by atoms with Crippen LogP contribution in [0.2, 0.25) is 0 Å². The lowest BCUT2D eigenvalue weighted by Crippen LogP contribution is -2.18. The maximum absolute atomic E-state index is 12.2. The highest BCUT2D eigenvalue weighted by Gasteiger charge is 2.30. The van der Waals surface area contributed by atoms with E-state index in [2.05, 4.69) is 12.3 Å². The summed E-state index contributed by atoms with van der Waals surface area (Å²) in [6, 6.07) is 0. The average molecular weight is 175 g/mol. The molecule has 0 unspecified atom stereocenters. The Balaban J connectivity index is 0.000000261. The summed E-state index contributed by atoms with van der Waals surface area (Å²) in [7, 11) is 0. The molecule has 12 heavy (non-hydrogen) atoms. The number of hydrogen-bond acceptors (Lipinski definition) is 1. The summed E-state index contributed by atoms with van der Waals surface area (Å²) in [6.07, 6.45) is 7.32. The number of hydrogen-bond donors (Lipinski definition) is 1. The van der Waals surface area contributed by atoms with Gasteiger partial charge in [0.2, 0.25) is 5.92 Å². The molecule has 1 saturated carbocycles. The molecule has 0 spiro atoms. The molecule has 70 valence electrons. The lowest BCUT2D eigenvalue weighted by atomic mass is 9.97. The maximum atomic E-state index is 12.2. The molecule has 1 fully saturated rings. The maximum Gasteiger partial charge on any atom is 0.248 e. The quantitative estimate of drug-likeness (QED) is 0.561. The number of terminal acetylenes is 1. The second-order valence-electron chi connectivity index (χ2n) is 2.82. The van der Waals surface area contributed by atoms with E-state index in [0.29, 0.717) is 19.4 Å². The lowest BCUT2D eigenvalue weighted by Gasteiger charge is -2.20. The summed E-state index contributed by atoms with van der Waals surface area (Å²) in [5, 5.41) is 0. The Morgan fingerprint density at radius 3 is 1.83 bits per heavy atom. The molecule has 0 aromatic rings. The molecule has 0 aromatic carbocycles. The van der Waals surface area contributed by atoms with Crippen molar-refractivity contribution in [1.82, 2.24) is 0 Å². The predicted octanol–water partition coefficient (Wildman–Crippen LogP) is 2.16. The third-order valence-corrected chi connectivity index (χ3v) is 1.70.